The maximum absolute atomic E-state index is 14.6. The zero-order valence-electron chi connectivity index (χ0n) is 13.0. The summed E-state index contributed by atoms with van der Waals surface area (Å²) >= 11 is 0. The van der Waals surface area contributed by atoms with Crippen molar-refractivity contribution in [2.24, 2.45) is 0 Å². The van der Waals surface area contributed by atoms with Crippen molar-refractivity contribution in [3.8, 4) is 0 Å². The smallest absolute Gasteiger partial charge is 0.398 e. The number of fused-ring (bicyclic) bond motifs is 1. The molecule has 114 valence electrons. The highest BCUT2D eigenvalue weighted by molar-refractivity contribution is 6.54. The molecule has 0 N–H and O–H groups in total. The molecule has 2 aromatic heterocycles. The maximum atomic E-state index is 14.6. The molecule has 0 radical (unpaired) electrons. The van der Waals surface area contributed by atoms with E-state index in [-0.39, 0.29) is 0 Å². The summed E-state index contributed by atoms with van der Waals surface area (Å²) in [4.78, 5) is 12.4. The van der Waals surface area contributed by atoms with E-state index in [0.717, 1.165) is 0 Å². The Balaban J connectivity index is 1.95. The van der Waals surface area contributed by atoms with Crippen LogP contribution in [0.2, 0.25) is 0 Å². The molecule has 1 aliphatic heterocycles. The van der Waals surface area contributed by atoms with Crippen molar-refractivity contribution >= 4 is 24.4 Å². The molecule has 0 aliphatic carbocycles. The van der Waals surface area contributed by atoms with Gasteiger partial charge >= 0.3 is 7.12 Å². The molecule has 1 saturated heterocycles. The van der Waals surface area contributed by atoms with Crippen molar-refractivity contribution < 1.29 is 13.7 Å². The molecular weight excluding hydrogens is 284 g/mol. The van der Waals surface area contributed by atoms with Crippen molar-refractivity contribution in [3.63, 3.8) is 0 Å². The molecule has 0 spiro atoms. The minimum absolute atomic E-state index is 0.470. The third-order valence-corrected chi connectivity index (χ3v) is 4.18. The Hall–Kier alpha value is -1.86. The monoisotopic (exact) mass is 301 g/mol. The maximum Gasteiger partial charge on any atom is 0.525 e. The Morgan fingerprint density at radius 3 is 2.32 bits per heavy atom. The SMILES string of the molecule is CC1(C)OB(C(F)=Cc2ccnc3nccnc23)OC1(C)C. The van der Waals surface area contributed by atoms with Gasteiger partial charge in [-0.3, -0.25) is 4.98 Å². The second-order valence-electron chi connectivity index (χ2n) is 6.25. The number of pyridine rings is 1. The van der Waals surface area contributed by atoms with Gasteiger partial charge in [-0.1, -0.05) is 0 Å². The van der Waals surface area contributed by atoms with Gasteiger partial charge < -0.3 is 9.31 Å². The average Bonchev–Trinajstić information content (AvgIpc) is 2.68. The molecule has 3 rings (SSSR count). The van der Waals surface area contributed by atoms with Crippen LogP contribution in [0.1, 0.15) is 33.3 Å². The number of hydrogen-bond donors (Lipinski definition) is 0. The molecule has 0 amide bonds. The normalized spacial score (nSPS) is 20.6. The van der Waals surface area contributed by atoms with E-state index >= 15 is 0 Å². The quantitative estimate of drug-likeness (QED) is 0.798. The summed E-state index contributed by atoms with van der Waals surface area (Å²) in [6.07, 6.45) is 6.03. The molecule has 0 aromatic carbocycles. The van der Waals surface area contributed by atoms with E-state index in [2.05, 4.69) is 15.0 Å². The first-order chi connectivity index (χ1) is 10.3. The number of aromatic nitrogens is 3. The highest BCUT2D eigenvalue weighted by Crippen LogP contribution is 2.39. The Bertz CT molecular complexity index is 727. The van der Waals surface area contributed by atoms with E-state index < -0.39 is 24.0 Å². The van der Waals surface area contributed by atoms with Gasteiger partial charge in [0.25, 0.3) is 0 Å². The first kappa shape index (κ1) is 15.1. The van der Waals surface area contributed by atoms with Gasteiger partial charge in [-0.25, -0.2) is 14.4 Å². The highest BCUT2D eigenvalue weighted by atomic mass is 19.1. The van der Waals surface area contributed by atoms with Crippen LogP contribution in [-0.2, 0) is 9.31 Å². The van der Waals surface area contributed by atoms with Crippen LogP contribution in [0.15, 0.2) is 30.4 Å². The fraction of sp³-hybridized carbons (Fsp3) is 0.400. The van der Waals surface area contributed by atoms with E-state index in [1.54, 1.807) is 24.7 Å². The minimum atomic E-state index is -1.02. The Morgan fingerprint density at radius 1 is 1.05 bits per heavy atom. The van der Waals surface area contributed by atoms with Gasteiger partial charge in [0, 0.05) is 24.2 Å². The van der Waals surface area contributed by atoms with Crippen LogP contribution in [0.4, 0.5) is 4.39 Å². The molecule has 1 fully saturated rings. The number of halogens is 1. The molecule has 0 saturated carbocycles. The number of rotatable bonds is 2. The van der Waals surface area contributed by atoms with E-state index in [9.17, 15) is 4.39 Å². The van der Waals surface area contributed by atoms with Crippen LogP contribution >= 0.6 is 0 Å². The number of nitrogens with zero attached hydrogens (tertiary/aromatic N) is 3. The van der Waals surface area contributed by atoms with Crippen molar-refractivity contribution in [2.45, 2.75) is 38.9 Å². The number of hydrogen-bond acceptors (Lipinski definition) is 5. The summed E-state index contributed by atoms with van der Waals surface area (Å²) in [5.41, 5.74) is -0.0666. The van der Waals surface area contributed by atoms with Crippen LogP contribution in [0.25, 0.3) is 17.2 Å². The molecule has 22 heavy (non-hydrogen) atoms. The van der Waals surface area contributed by atoms with E-state index in [1.807, 2.05) is 27.7 Å². The van der Waals surface area contributed by atoms with Gasteiger partial charge in [0.1, 0.15) is 11.2 Å². The van der Waals surface area contributed by atoms with Gasteiger partial charge in [-0.2, -0.15) is 0 Å². The average molecular weight is 301 g/mol. The van der Waals surface area contributed by atoms with Crippen molar-refractivity contribution in [1.82, 2.24) is 15.0 Å². The van der Waals surface area contributed by atoms with Gasteiger partial charge in [0.15, 0.2) is 5.65 Å². The second kappa shape index (κ2) is 5.10. The summed E-state index contributed by atoms with van der Waals surface area (Å²) in [6.45, 7) is 7.53. The second-order valence-corrected chi connectivity index (χ2v) is 6.25. The van der Waals surface area contributed by atoms with Gasteiger partial charge in [-0.15, -0.1) is 0 Å². The van der Waals surface area contributed by atoms with Crippen LogP contribution in [-0.4, -0.2) is 33.3 Å². The van der Waals surface area contributed by atoms with E-state index in [4.69, 9.17) is 9.31 Å². The zero-order valence-corrected chi connectivity index (χ0v) is 13.0. The predicted octanol–water partition coefficient (Wildman–Crippen LogP) is 2.97. The molecule has 1 aliphatic rings. The van der Waals surface area contributed by atoms with Crippen molar-refractivity contribution in [2.75, 3.05) is 0 Å². The molecule has 0 atom stereocenters. The highest BCUT2D eigenvalue weighted by Gasteiger charge is 2.53. The lowest BCUT2D eigenvalue weighted by Crippen LogP contribution is -2.41. The zero-order chi connectivity index (χ0) is 16.0. The molecule has 0 unspecified atom stereocenters. The standard InChI is InChI=1S/C15H17BFN3O2/c1-14(2)15(3,4)22-16(21-14)11(17)9-10-5-6-19-13-12(10)18-7-8-20-13/h5-9H,1-4H3. The fourth-order valence-electron chi connectivity index (χ4n) is 2.18. The van der Waals surface area contributed by atoms with E-state index in [1.165, 1.54) is 6.08 Å². The minimum Gasteiger partial charge on any atom is -0.398 e. The fourth-order valence-corrected chi connectivity index (χ4v) is 2.18. The van der Waals surface area contributed by atoms with Crippen molar-refractivity contribution in [3.05, 3.63) is 35.9 Å². The summed E-state index contributed by atoms with van der Waals surface area (Å²) in [5, 5.41) is 0. The Kier molecular flexibility index (Phi) is 3.49. The van der Waals surface area contributed by atoms with Gasteiger partial charge in [0.2, 0.25) is 0 Å². The van der Waals surface area contributed by atoms with Crippen LogP contribution in [0.3, 0.4) is 0 Å². The summed E-state index contributed by atoms with van der Waals surface area (Å²) < 4.78 is 25.9. The largest absolute Gasteiger partial charge is 0.525 e. The Morgan fingerprint density at radius 2 is 1.64 bits per heavy atom. The first-order valence-electron chi connectivity index (χ1n) is 7.09. The lowest BCUT2D eigenvalue weighted by Gasteiger charge is -2.32. The molecule has 0 bridgehead atoms. The van der Waals surface area contributed by atoms with E-state index in [0.29, 0.717) is 16.7 Å². The molecular formula is C15H17BFN3O2. The summed E-state index contributed by atoms with van der Waals surface area (Å²) in [7, 11) is -1.02. The predicted molar refractivity (Wildman–Crippen MR) is 82.5 cm³/mol. The van der Waals surface area contributed by atoms with Gasteiger partial charge in [0.05, 0.1) is 11.2 Å². The third kappa shape index (κ3) is 2.50. The molecule has 5 nitrogen and oxygen atoms in total. The third-order valence-electron chi connectivity index (χ3n) is 4.18. The lowest BCUT2D eigenvalue weighted by molar-refractivity contribution is 0.00578. The molecule has 2 aromatic rings. The van der Waals surface area contributed by atoms with Crippen LogP contribution in [0.5, 0.6) is 0 Å². The van der Waals surface area contributed by atoms with Crippen LogP contribution in [0, 0.1) is 0 Å². The topological polar surface area (TPSA) is 57.1 Å². The lowest BCUT2D eigenvalue weighted by atomic mass is 9.87. The van der Waals surface area contributed by atoms with Gasteiger partial charge in [-0.05, 0) is 39.8 Å². The molecule has 3 heterocycles. The summed E-state index contributed by atoms with van der Waals surface area (Å²) in [6, 6.07) is 1.68. The molecule has 7 heteroatoms. The Labute approximate surface area is 128 Å². The van der Waals surface area contributed by atoms with Crippen LogP contribution < -0.4 is 0 Å². The van der Waals surface area contributed by atoms with Crippen molar-refractivity contribution in [1.29, 1.82) is 0 Å². The summed E-state index contributed by atoms with van der Waals surface area (Å²) in [5.74, 6) is 0. The first-order valence-corrected chi connectivity index (χ1v) is 7.09.